The number of carbonyl (C=O) groups is 3. The summed E-state index contributed by atoms with van der Waals surface area (Å²) in [5, 5.41) is 4.29. The molecule has 30 heavy (non-hydrogen) atoms. The van der Waals surface area contributed by atoms with Crippen LogP contribution in [-0.4, -0.2) is 24.2 Å². The smallest absolute Gasteiger partial charge is 0.416 e. The van der Waals surface area contributed by atoms with Gasteiger partial charge in [0, 0.05) is 6.54 Å². The molecular weight excluding hydrogens is 421 g/mol. The first-order valence-electron chi connectivity index (χ1n) is 8.54. The number of halogens is 3. The van der Waals surface area contributed by atoms with Crippen LogP contribution in [0.3, 0.4) is 0 Å². The molecule has 0 spiro atoms. The molecule has 3 amide bonds. The van der Waals surface area contributed by atoms with Crippen molar-refractivity contribution in [3.05, 3.63) is 69.6 Å². The van der Waals surface area contributed by atoms with Crippen molar-refractivity contribution in [1.82, 2.24) is 10.6 Å². The topological polar surface area (TPSA) is 84.5 Å². The Hall–Kier alpha value is -3.27. The Balaban J connectivity index is 1.75. The lowest BCUT2D eigenvalue weighted by Gasteiger charge is -2.11. The number of thioether (sulfide) groups is 1. The van der Waals surface area contributed by atoms with E-state index >= 15 is 0 Å². The molecule has 1 fully saturated rings. The van der Waals surface area contributed by atoms with Crippen molar-refractivity contribution in [3.63, 3.8) is 0 Å². The third-order valence-electron chi connectivity index (χ3n) is 4.14. The molecule has 156 valence electrons. The quantitative estimate of drug-likeness (QED) is 0.693. The second kappa shape index (κ2) is 8.62. The number of alkyl halides is 3. The molecule has 0 aliphatic carbocycles. The van der Waals surface area contributed by atoms with Crippen molar-refractivity contribution in [2.45, 2.75) is 12.7 Å². The van der Waals surface area contributed by atoms with Crippen molar-refractivity contribution in [2.24, 2.45) is 0 Å². The van der Waals surface area contributed by atoms with Crippen LogP contribution < -0.4 is 15.4 Å². The Morgan fingerprint density at radius 1 is 1.17 bits per heavy atom. The zero-order valence-corrected chi connectivity index (χ0v) is 16.3. The van der Waals surface area contributed by atoms with E-state index in [-0.39, 0.29) is 22.8 Å². The fraction of sp³-hybridized carbons (Fsp3) is 0.150. The molecule has 10 heteroatoms. The van der Waals surface area contributed by atoms with Crippen LogP contribution in [0.2, 0.25) is 0 Å². The van der Waals surface area contributed by atoms with E-state index in [2.05, 4.69) is 10.6 Å². The molecule has 2 aromatic carbocycles. The summed E-state index contributed by atoms with van der Waals surface area (Å²) >= 11 is 0.753. The predicted molar refractivity (Wildman–Crippen MR) is 105 cm³/mol. The van der Waals surface area contributed by atoms with Gasteiger partial charge in [0.05, 0.1) is 23.1 Å². The first-order valence-corrected chi connectivity index (χ1v) is 9.36. The average molecular weight is 436 g/mol. The Labute approximate surface area is 173 Å². The van der Waals surface area contributed by atoms with Gasteiger partial charge in [0.25, 0.3) is 17.1 Å². The van der Waals surface area contributed by atoms with Crippen LogP contribution in [0, 0.1) is 0 Å². The van der Waals surface area contributed by atoms with E-state index in [4.69, 9.17) is 4.74 Å². The molecule has 6 nitrogen and oxygen atoms in total. The van der Waals surface area contributed by atoms with E-state index < -0.39 is 28.8 Å². The van der Waals surface area contributed by atoms with Crippen molar-refractivity contribution >= 4 is 34.9 Å². The Kier molecular flexibility index (Phi) is 6.16. The molecule has 1 heterocycles. The third-order valence-corrected chi connectivity index (χ3v) is 4.95. The molecule has 3 rings (SSSR count). The second-order valence-electron chi connectivity index (χ2n) is 6.19. The number of rotatable bonds is 5. The number of benzene rings is 2. The molecule has 2 aromatic rings. The van der Waals surface area contributed by atoms with E-state index in [1.54, 1.807) is 12.1 Å². The highest BCUT2D eigenvalue weighted by Gasteiger charge is 2.30. The average Bonchev–Trinajstić information content (AvgIpc) is 3.02. The van der Waals surface area contributed by atoms with E-state index in [0.29, 0.717) is 11.1 Å². The Morgan fingerprint density at radius 2 is 1.87 bits per heavy atom. The molecule has 0 saturated carbocycles. The Morgan fingerprint density at radius 3 is 2.43 bits per heavy atom. The highest BCUT2D eigenvalue weighted by Crippen LogP contribution is 2.29. The summed E-state index contributed by atoms with van der Waals surface area (Å²) in [5.41, 5.74) is 0.398. The van der Waals surface area contributed by atoms with Crippen molar-refractivity contribution in [3.8, 4) is 5.75 Å². The van der Waals surface area contributed by atoms with Gasteiger partial charge in [0.1, 0.15) is 5.75 Å². The highest BCUT2D eigenvalue weighted by atomic mass is 32.2. The summed E-state index contributed by atoms with van der Waals surface area (Å²) in [6.07, 6.45) is -2.96. The summed E-state index contributed by atoms with van der Waals surface area (Å²) in [6, 6.07) is 9.11. The molecule has 0 aromatic heterocycles. The first-order chi connectivity index (χ1) is 14.2. The van der Waals surface area contributed by atoms with E-state index in [9.17, 15) is 27.6 Å². The van der Waals surface area contributed by atoms with Gasteiger partial charge in [-0.05, 0) is 53.2 Å². The van der Waals surface area contributed by atoms with E-state index in [0.717, 1.165) is 23.9 Å². The van der Waals surface area contributed by atoms with Gasteiger partial charge in [-0.25, -0.2) is 0 Å². The minimum Gasteiger partial charge on any atom is -0.496 e. The molecule has 0 bridgehead atoms. The van der Waals surface area contributed by atoms with Crippen LogP contribution in [0.4, 0.5) is 18.0 Å². The van der Waals surface area contributed by atoms with Crippen LogP contribution in [0.5, 0.6) is 5.75 Å². The number of amides is 3. The van der Waals surface area contributed by atoms with Gasteiger partial charge in [0.2, 0.25) is 0 Å². The largest absolute Gasteiger partial charge is 0.496 e. The van der Waals surface area contributed by atoms with Gasteiger partial charge >= 0.3 is 6.18 Å². The van der Waals surface area contributed by atoms with E-state index in [1.807, 2.05) is 0 Å². The monoisotopic (exact) mass is 436 g/mol. The van der Waals surface area contributed by atoms with Gasteiger partial charge in [0.15, 0.2) is 0 Å². The van der Waals surface area contributed by atoms with Gasteiger partial charge in [-0.15, -0.1) is 0 Å². The maximum absolute atomic E-state index is 12.6. The molecule has 1 aliphatic rings. The number of imide groups is 1. The van der Waals surface area contributed by atoms with Crippen LogP contribution in [0.25, 0.3) is 6.08 Å². The van der Waals surface area contributed by atoms with Crippen LogP contribution in [-0.2, 0) is 17.5 Å². The standard InChI is InChI=1S/C20H15F3N2O4S/c1-29-15-7-4-12(9-16-18(27)25-19(28)30-16)8-14(15)17(26)24-10-11-2-5-13(6-3-11)20(21,22)23/h2-9H,10H2,1H3,(H,24,26)(H,25,27,28). The van der Waals surface area contributed by atoms with Crippen LogP contribution >= 0.6 is 11.8 Å². The molecule has 0 atom stereocenters. The molecule has 2 N–H and O–H groups in total. The fourth-order valence-electron chi connectivity index (χ4n) is 2.65. The molecule has 1 saturated heterocycles. The number of carbonyl (C=O) groups excluding carboxylic acids is 3. The number of nitrogens with one attached hydrogen (secondary N) is 2. The summed E-state index contributed by atoms with van der Waals surface area (Å²) in [7, 11) is 1.39. The summed E-state index contributed by atoms with van der Waals surface area (Å²) in [4.78, 5) is 35.7. The lowest BCUT2D eigenvalue weighted by molar-refractivity contribution is -0.137. The van der Waals surface area contributed by atoms with E-state index in [1.165, 1.54) is 31.4 Å². The SMILES string of the molecule is COc1ccc(C=C2SC(=O)NC2=O)cc1C(=O)NCc1ccc(C(F)(F)F)cc1. The zero-order chi connectivity index (χ0) is 21.9. The van der Waals surface area contributed by atoms with Crippen LogP contribution in [0.1, 0.15) is 27.0 Å². The zero-order valence-electron chi connectivity index (χ0n) is 15.5. The molecular formula is C20H15F3N2O4S. The Bertz CT molecular complexity index is 1030. The maximum atomic E-state index is 12.6. The van der Waals surface area contributed by atoms with Crippen molar-refractivity contribution in [2.75, 3.05) is 7.11 Å². The van der Waals surface area contributed by atoms with Crippen LogP contribution in [0.15, 0.2) is 47.4 Å². The second-order valence-corrected chi connectivity index (χ2v) is 7.20. The number of hydrogen-bond acceptors (Lipinski definition) is 5. The van der Waals surface area contributed by atoms with Gasteiger partial charge < -0.3 is 10.1 Å². The van der Waals surface area contributed by atoms with Gasteiger partial charge in [-0.1, -0.05) is 18.2 Å². The third kappa shape index (κ3) is 5.01. The predicted octanol–water partition coefficient (Wildman–Crippen LogP) is 3.97. The molecule has 1 aliphatic heterocycles. The van der Waals surface area contributed by atoms with Gasteiger partial charge in [-0.2, -0.15) is 13.2 Å². The van der Waals surface area contributed by atoms with Crippen molar-refractivity contribution < 1.29 is 32.3 Å². The highest BCUT2D eigenvalue weighted by molar-refractivity contribution is 8.18. The summed E-state index contributed by atoms with van der Waals surface area (Å²) in [6.45, 7) is 0.0121. The summed E-state index contributed by atoms with van der Waals surface area (Å²) < 4.78 is 43.1. The first kappa shape index (κ1) is 21.4. The minimum atomic E-state index is -4.43. The normalized spacial score (nSPS) is 15.3. The molecule has 0 unspecified atom stereocenters. The number of ether oxygens (including phenoxy) is 1. The number of hydrogen-bond donors (Lipinski definition) is 2. The van der Waals surface area contributed by atoms with Gasteiger partial charge in [-0.3, -0.25) is 19.7 Å². The molecule has 0 radical (unpaired) electrons. The summed E-state index contributed by atoms with van der Waals surface area (Å²) in [5.74, 6) is -0.748. The maximum Gasteiger partial charge on any atom is 0.416 e. The fourth-order valence-corrected chi connectivity index (χ4v) is 3.34. The lowest BCUT2D eigenvalue weighted by Crippen LogP contribution is -2.23. The number of methoxy groups -OCH3 is 1. The van der Waals surface area contributed by atoms with Crippen molar-refractivity contribution in [1.29, 1.82) is 0 Å². The lowest BCUT2D eigenvalue weighted by atomic mass is 10.1. The minimum absolute atomic E-state index is 0.0121.